The number of nitrogens with one attached hydrogen (secondary N) is 1. The van der Waals surface area contributed by atoms with Gasteiger partial charge >= 0.3 is 0 Å². The summed E-state index contributed by atoms with van der Waals surface area (Å²) in [6.07, 6.45) is 5.17. The summed E-state index contributed by atoms with van der Waals surface area (Å²) in [5.74, 6) is 0.626. The van der Waals surface area contributed by atoms with Crippen molar-refractivity contribution in [3.63, 3.8) is 0 Å². The molecule has 1 saturated carbocycles. The number of anilines is 1. The second-order valence-corrected chi connectivity index (χ2v) is 6.36. The molecule has 2 unspecified atom stereocenters. The zero-order valence-electron chi connectivity index (χ0n) is 11.3. The molecule has 0 spiro atoms. The molecule has 0 amide bonds. The van der Waals surface area contributed by atoms with Gasteiger partial charge in [-0.15, -0.1) is 0 Å². The Morgan fingerprint density at radius 2 is 1.83 bits per heavy atom. The van der Waals surface area contributed by atoms with Gasteiger partial charge in [-0.3, -0.25) is 0 Å². The fraction of sp³-hybridized carbons (Fsp3) is 0.600. The molecule has 0 heterocycles. The average Bonchev–Trinajstić information content (AvgIpc) is 2.34. The predicted molar refractivity (Wildman–Crippen MR) is 82.0 cm³/mol. The second kappa shape index (κ2) is 6.07. The Labute approximate surface area is 118 Å². The number of hydrogen-bond donors (Lipinski definition) is 2. The summed E-state index contributed by atoms with van der Waals surface area (Å²) in [4.78, 5) is 0. The van der Waals surface area contributed by atoms with Crippen LogP contribution in [0.5, 0.6) is 0 Å². The quantitative estimate of drug-likeness (QED) is 0.885. The molecule has 18 heavy (non-hydrogen) atoms. The van der Waals surface area contributed by atoms with Crippen molar-refractivity contribution in [2.24, 2.45) is 11.7 Å². The van der Waals surface area contributed by atoms with Crippen LogP contribution in [0.15, 0.2) is 16.6 Å². The van der Waals surface area contributed by atoms with E-state index in [4.69, 9.17) is 5.73 Å². The van der Waals surface area contributed by atoms with E-state index in [0.29, 0.717) is 12.0 Å². The number of benzene rings is 1. The van der Waals surface area contributed by atoms with Crippen molar-refractivity contribution in [2.75, 3.05) is 11.9 Å². The van der Waals surface area contributed by atoms with Crippen LogP contribution in [0, 0.1) is 19.8 Å². The standard InChI is InChI=1S/C15H23BrN2/c1-10-7-13(16)8-11(2)15(10)18-14-6-4-3-5-12(14)9-17/h7-8,12,14,18H,3-6,9,17H2,1-2H3. The van der Waals surface area contributed by atoms with Gasteiger partial charge in [-0.2, -0.15) is 0 Å². The number of nitrogens with two attached hydrogens (primary N) is 1. The highest BCUT2D eigenvalue weighted by Crippen LogP contribution is 2.31. The van der Waals surface area contributed by atoms with E-state index in [0.717, 1.165) is 11.0 Å². The maximum Gasteiger partial charge on any atom is 0.0402 e. The highest BCUT2D eigenvalue weighted by atomic mass is 79.9. The lowest BCUT2D eigenvalue weighted by atomic mass is 9.84. The molecule has 0 saturated heterocycles. The van der Waals surface area contributed by atoms with E-state index in [-0.39, 0.29) is 0 Å². The minimum absolute atomic E-state index is 0.544. The van der Waals surface area contributed by atoms with Gasteiger partial charge in [-0.1, -0.05) is 28.8 Å². The summed E-state index contributed by atoms with van der Waals surface area (Å²) in [7, 11) is 0. The average molecular weight is 311 g/mol. The lowest BCUT2D eigenvalue weighted by Gasteiger charge is -2.33. The minimum Gasteiger partial charge on any atom is -0.382 e. The molecule has 1 aromatic rings. The number of rotatable bonds is 3. The summed E-state index contributed by atoms with van der Waals surface area (Å²) < 4.78 is 1.15. The van der Waals surface area contributed by atoms with Crippen molar-refractivity contribution in [3.05, 3.63) is 27.7 Å². The van der Waals surface area contributed by atoms with Gasteiger partial charge in [0.15, 0.2) is 0 Å². The molecule has 2 atom stereocenters. The molecule has 1 aliphatic carbocycles. The van der Waals surface area contributed by atoms with Crippen LogP contribution in [0.25, 0.3) is 0 Å². The van der Waals surface area contributed by atoms with Gasteiger partial charge in [-0.25, -0.2) is 0 Å². The van der Waals surface area contributed by atoms with Gasteiger partial charge in [0, 0.05) is 16.2 Å². The van der Waals surface area contributed by atoms with Crippen LogP contribution < -0.4 is 11.1 Å². The predicted octanol–water partition coefficient (Wildman–Crippen LogP) is 4.00. The van der Waals surface area contributed by atoms with E-state index in [9.17, 15) is 0 Å². The first kappa shape index (κ1) is 13.9. The first-order chi connectivity index (χ1) is 8.61. The monoisotopic (exact) mass is 310 g/mol. The maximum atomic E-state index is 5.90. The molecule has 3 N–H and O–H groups in total. The van der Waals surface area contributed by atoms with Crippen molar-refractivity contribution in [3.8, 4) is 0 Å². The van der Waals surface area contributed by atoms with E-state index in [2.05, 4.69) is 47.2 Å². The fourth-order valence-electron chi connectivity index (χ4n) is 3.00. The van der Waals surface area contributed by atoms with Crippen LogP contribution in [0.3, 0.4) is 0 Å². The Morgan fingerprint density at radius 1 is 1.22 bits per heavy atom. The summed E-state index contributed by atoms with van der Waals surface area (Å²) in [5, 5.41) is 3.74. The second-order valence-electron chi connectivity index (χ2n) is 5.45. The van der Waals surface area contributed by atoms with Gasteiger partial charge < -0.3 is 11.1 Å². The van der Waals surface area contributed by atoms with Crippen molar-refractivity contribution in [1.82, 2.24) is 0 Å². The van der Waals surface area contributed by atoms with Crippen LogP contribution in [-0.2, 0) is 0 Å². The van der Waals surface area contributed by atoms with Gasteiger partial charge in [0.25, 0.3) is 0 Å². The normalized spacial score (nSPS) is 24.0. The number of halogens is 1. The van der Waals surface area contributed by atoms with Crippen LogP contribution >= 0.6 is 15.9 Å². The lowest BCUT2D eigenvalue weighted by Crippen LogP contribution is -2.37. The van der Waals surface area contributed by atoms with E-state index >= 15 is 0 Å². The highest BCUT2D eigenvalue weighted by molar-refractivity contribution is 9.10. The Morgan fingerprint density at radius 3 is 2.44 bits per heavy atom. The van der Waals surface area contributed by atoms with E-state index in [1.807, 2.05) is 0 Å². The molecule has 1 aromatic carbocycles. The van der Waals surface area contributed by atoms with E-state index in [1.165, 1.54) is 42.5 Å². The number of hydrogen-bond acceptors (Lipinski definition) is 2. The van der Waals surface area contributed by atoms with Crippen LogP contribution in [-0.4, -0.2) is 12.6 Å². The highest BCUT2D eigenvalue weighted by Gasteiger charge is 2.24. The van der Waals surface area contributed by atoms with E-state index < -0.39 is 0 Å². The summed E-state index contributed by atoms with van der Waals surface area (Å²) >= 11 is 3.55. The Bertz CT molecular complexity index is 394. The Balaban J connectivity index is 2.17. The first-order valence-corrected chi connectivity index (χ1v) is 7.64. The largest absolute Gasteiger partial charge is 0.382 e. The van der Waals surface area contributed by atoms with Crippen molar-refractivity contribution in [2.45, 2.75) is 45.6 Å². The number of aryl methyl sites for hydroxylation is 2. The fourth-order valence-corrected chi connectivity index (χ4v) is 3.69. The molecule has 0 radical (unpaired) electrons. The van der Waals surface area contributed by atoms with Crippen LogP contribution in [0.1, 0.15) is 36.8 Å². The lowest BCUT2D eigenvalue weighted by molar-refractivity contribution is 0.332. The maximum absolute atomic E-state index is 5.90. The molecule has 0 bridgehead atoms. The minimum atomic E-state index is 0.544. The summed E-state index contributed by atoms with van der Waals surface area (Å²) in [6.45, 7) is 5.13. The third-order valence-corrected chi connectivity index (χ3v) is 4.50. The molecule has 0 aromatic heterocycles. The van der Waals surface area contributed by atoms with Crippen LogP contribution in [0.4, 0.5) is 5.69 Å². The smallest absolute Gasteiger partial charge is 0.0402 e. The third kappa shape index (κ3) is 3.07. The molecule has 3 heteroatoms. The summed E-state index contributed by atoms with van der Waals surface area (Å²) in [5.41, 5.74) is 9.81. The van der Waals surface area contributed by atoms with Crippen molar-refractivity contribution in [1.29, 1.82) is 0 Å². The molecule has 1 aliphatic rings. The van der Waals surface area contributed by atoms with Crippen LogP contribution in [0.2, 0.25) is 0 Å². The van der Waals surface area contributed by atoms with E-state index in [1.54, 1.807) is 0 Å². The topological polar surface area (TPSA) is 38.0 Å². The Kier molecular flexibility index (Phi) is 4.68. The van der Waals surface area contributed by atoms with Gasteiger partial charge in [0.1, 0.15) is 0 Å². The van der Waals surface area contributed by atoms with Gasteiger partial charge in [-0.05, 0) is 62.4 Å². The Hall–Kier alpha value is -0.540. The molecular formula is C15H23BrN2. The first-order valence-electron chi connectivity index (χ1n) is 6.85. The van der Waals surface area contributed by atoms with Crippen molar-refractivity contribution >= 4 is 21.6 Å². The molecule has 2 rings (SSSR count). The molecular weight excluding hydrogens is 288 g/mol. The van der Waals surface area contributed by atoms with Gasteiger partial charge in [0.2, 0.25) is 0 Å². The third-order valence-electron chi connectivity index (χ3n) is 4.04. The SMILES string of the molecule is Cc1cc(Br)cc(C)c1NC1CCCCC1CN. The summed E-state index contributed by atoms with van der Waals surface area (Å²) in [6, 6.07) is 4.90. The molecule has 2 nitrogen and oxygen atoms in total. The van der Waals surface area contributed by atoms with Gasteiger partial charge in [0.05, 0.1) is 0 Å². The molecule has 0 aliphatic heterocycles. The zero-order chi connectivity index (χ0) is 13.1. The zero-order valence-corrected chi connectivity index (χ0v) is 12.9. The molecule has 1 fully saturated rings. The molecule has 100 valence electrons. The van der Waals surface area contributed by atoms with Crippen molar-refractivity contribution < 1.29 is 0 Å².